The number of para-hydroxylation sites is 1. The molecule has 0 spiro atoms. The van der Waals surface area contributed by atoms with E-state index in [1.165, 1.54) is 11.1 Å². The fourth-order valence-electron chi connectivity index (χ4n) is 5.82. The maximum atomic E-state index is 6.42. The summed E-state index contributed by atoms with van der Waals surface area (Å²) in [7, 11) is 0. The average Bonchev–Trinajstić information content (AvgIpc) is 3.51. The van der Waals surface area contributed by atoms with Crippen molar-refractivity contribution in [1.82, 2.24) is 4.98 Å². The minimum atomic E-state index is 0.640. The van der Waals surface area contributed by atoms with Gasteiger partial charge < -0.3 is 9.32 Å². The maximum Gasteiger partial charge on any atom is 0.227 e. The van der Waals surface area contributed by atoms with Gasteiger partial charge in [-0.05, 0) is 81.9 Å². The molecule has 0 radical (unpaired) electrons. The third-order valence-electron chi connectivity index (χ3n) is 7.86. The van der Waals surface area contributed by atoms with Crippen molar-refractivity contribution in [2.45, 2.75) is 0 Å². The number of rotatable bonds is 5. The molecule has 1 aromatic heterocycles. The topological polar surface area (TPSA) is 29.3 Å². The molecule has 0 fully saturated rings. The van der Waals surface area contributed by atoms with Crippen molar-refractivity contribution in [2.24, 2.45) is 0 Å². The average molecular weight is 539 g/mol. The number of aromatic nitrogens is 1. The monoisotopic (exact) mass is 538 g/mol. The normalized spacial score (nSPS) is 11.3. The first-order valence-corrected chi connectivity index (χ1v) is 14.1. The van der Waals surface area contributed by atoms with Crippen LogP contribution in [-0.2, 0) is 0 Å². The summed E-state index contributed by atoms with van der Waals surface area (Å²) < 4.78 is 6.42. The van der Waals surface area contributed by atoms with E-state index in [1.807, 2.05) is 42.5 Å². The highest BCUT2D eigenvalue weighted by molar-refractivity contribution is 6.18. The number of benzene rings is 7. The lowest BCUT2D eigenvalue weighted by Gasteiger charge is -2.26. The van der Waals surface area contributed by atoms with E-state index in [2.05, 4.69) is 120 Å². The van der Waals surface area contributed by atoms with Gasteiger partial charge in [-0.1, -0.05) is 103 Å². The standard InChI is InChI=1S/C39H26N2O/c1-4-10-27(11-5-1)28-18-21-33(22-19-28)41(32-14-8-3-9-15-32)34-23-24-35-31(26-34)17-16-29-20-25-36-38(37(29)35)42-39(40-36)30-12-6-2-7-13-30/h1-26H. The molecule has 3 heteroatoms. The van der Waals surface area contributed by atoms with E-state index in [0.29, 0.717) is 5.89 Å². The summed E-state index contributed by atoms with van der Waals surface area (Å²) in [5.41, 5.74) is 8.37. The molecule has 8 rings (SSSR count). The highest BCUT2D eigenvalue weighted by Gasteiger charge is 2.16. The maximum absolute atomic E-state index is 6.42. The van der Waals surface area contributed by atoms with Gasteiger partial charge in [0.05, 0.1) is 0 Å². The van der Waals surface area contributed by atoms with Gasteiger partial charge in [-0.3, -0.25) is 0 Å². The second-order valence-electron chi connectivity index (χ2n) is 10.5. The molecule has 0 aliphatic heterocycles. The van der Waals surface area contributed by atoms with Gasteiger partial charge in [0.15, 0.2) is 5.58 Å². The first-order valence-electron chi connectivity index (χ1n) is 14.1. The van der Waals surface area contributed by atoms with E-state index >= 15 is 0 Å². The Morgan fingerprint density at radius 3 is 1.76 bits per heavy atom. The smallest absolute Gasteiger partial charge is 0.227 e. The third-order valence-corrected chi connectivity index (χ3v) is 7.86. The molecule has 0 saturated carbocycles. The minimum absolute atomic E-state index is 0.640. The molecule has 0 unspecified atom stereocenters. The van der Waals surface area contributed by atoms with Gasteiger partial charge in [0.2, 0.25) is 5.89 Å². The number of nitrogens with zero attached hydrogens (tertiary/aromatic N) is 2. The zero-order valence-electron chi connectivity index (χ0n) is 22.8. The Labute approximate surface area is 243 Å². The molecule has 3 nitrogen and oxygen atoms in total. The van der Waals surface area contributed by atoms with E-state index in [1.54, 1.807) is 0 Å². The van der Waals surface area contributed by atoms with Gasteiger partial charge in [0, 0.05) is 28.0 Å². The third kappa shape index (κ3) is 4.20. The molecule has 1 heterocycles. The van der Waals surface area contributed by atoms with Gasteiger partial charge in [-0.25, -0.2) is 4.98 Å². The SMILES string of the molecule is c1ccc(-c2ccc(N(c3ccccc3)c3ccc4c(ccc5ccc6nc(-c7ccccc7)oc6c54)c3)cc2)cc1. The largest absolute Gasteiger partial charge is 0.435 e. The summed E-state index contributed by atoms with van der Waals surface area (Å²) in [4.78, 5) is 7.13. The molecule has 0 saturated heterocycles. The molecule has 7 aromatic carbocycles. The molecule has 42 heavy (non-hydrogen) atoms. The summed E-state index contributed by atoms with van der Waals surface area (Å²) >= 11 is 0. The van der Waals surface area contributed by atoms with E-state index in [9.17, 15) is 0 Å². The van der Waals surface area contributed by atoms with Gasteiger partial charge in [0.25, 0.3) is 0 Å². The predicted octanol–water partition coefficient (Wildman–Crippen LogP) is 10.9. The van der Waals surface area contributed by atoms with Crippen LogP contribution in [0.1, 0.15) is 0 Å². The summed E-state index contributed by atoms with van der Waals surface area (Å²) in [5.74, 6) is 0.640. The molecule has 0 bridgehead atoms. The Kier molecular flexibility index (Phi) is 5.79. The van der Waals surface area contributed by atoms with Crippen LogP contribution >= 0.6 is 0 Å². The van der Waals surface area contributed by atoms with Gasteiger partial charge in [-0.15, -0.1) is 0 Å². The lowest BCUT2D eigenvalue weighted by Crippen LogP contribution is -2.09. The van der Waals surface area contributed by atoms with Crippen LogP contribution < -0.4 is 4.90 Å². The molecular weight excluding hydrogens is 512 g/mol. The number of hydrogen-bond donors (Lipinski definition) is 0. The summed E-state index contributed by atoms with van der Waals surface area (Å²) in [6, 6.07) is 55.1. The number of hydrogen-bond acceptors (Lipinski definition) is 3. The summed E-state index contributed by atoms with van der Waals surface area (Å²) in [6.45, 7) is 0. The second kappa shape index (κ2) is 10.1. The predicted molar refractivity (Wildman–Crippen MR) is 175 cm³/mol. The van der Waals surface area contributed by atoms with Crippen LogP contribution in [-0.4, -0.2) is 4.98 Å². The van der Waals surface area contributed by atoms with Crippen molar-refractivity contribution in [3.63, 3.8) is 0 Å². The first-order chi connectivity index (χ1) is 20.8. The van der Waals surface area contributed by atoms with Crippen LogP contribution in [0.2, 0.25) is 0 Å². The quantitative estimate of drug-likeness (QED) is 0.204. The Hall–Kier alpha value is -5.67. The van der Waals surface area contributed by atoms with Crippen molar-refractivity contribution in [3.8, 4) is 22.6 Å². The van der Waals surface area contributed by atoms with Crippen molar-refractivity contribution in [2.75, 3.05) is 4.90 Å². The number of oxazole rings is 1. The second-order valence-corrected chi connectivity index (χ2v) is 10.5. The number of fused-ring (bicyclic) bond motifs is 5. The summed E-state index contributed by atoms with van der Waals surface area (Å²) in [6.07, 6.45) is 0. The van der Waals surface area contributed by atoms with Gasteiger partial charge in [-0.2, -0.15) is 0 Å². The van der Waals surface area contributed by atoms with Crippen molar-refractivity contribution in [1.29, 1.82) is 0 Å². The number of anilines is 3. The molecule has 0 N–H and O–H groups in total. The van der Waals surface area contributed by atoms with Gasteiger partial charge in [0.1, 0.15) is 5.52 Å². The Balaban J connectivity index is 1.27. The Morgan fingerprint density at radius 2 is 1.02 bits per heavy atom. The van der Waals surface area contributed by atoms with Gasteiger partial charge >= 0.3 is 0 Å². The van der Waals surface area contributed by atoms with E-state index in [4.69, 9.17) is 9.40 Å². The van der Waals surface area contributed by atoms with Crippen LogP contribution in [0.25, 0.3) is 55.2 Å². The van der Waals surface area contributed by atoms with E-state index in [-0.39, 0.29) is 0 Å². The molecular formula is C39H26N2O. The Bertz CT molecular complexity index is 2170. The van der Waals surface area contributed by atoms with E-state index in [0.717, 1.165) is 55.3 Å². The molecule has 0 aliphatic rings. The van der Waals surface area contributed by atoms with Crippen LogP contribution in [0.5, 0.6) is 0 Å². The van der Waals surface area contributed by atoms with Crippen molar-refractivity contribution < 1.29 is 4.42 Å². The molecule has 198 valence electrons. The van der Waals surface area contributed by atoms with Crippen molar-refractivity contribution in [3.05, 3.63) is 158 Å². The lowest BCUT2D eigenvalue weighted by molar-refractivity contribution is 0.623. The highest BCUT2D eigenvalue weighted by atomic mass is 16.3. The van der Waals surface area contributed by atoms with Crippen LogP contribution in [0.4, 0.5) is 17.1 Å². The molecule has 0 aliphatic carbocycles. The highest BCUT2D eigenvalue weighted by Crippen LogP contribution is 2.40. The molecule has 0 amide bonds. The fraction of sp³-hybridized carbons (Fsp3) is 0. The van der Waals surface area contributed by atoms with Crippen LogP contribution in [0.15, 0.2) is 162 Å². The van der Waals surface area contributed by atoms with E-state index < -0.39 is 0 Å². The molecule has 0 atom stereocenters. The van der Waals surface area contributed by atoms with Crippen molar-refractivity contribution >= 4 is 49.7 Å². The minimum Gasteiger partial charge on any atom is -0.435 e. The molecule has 8 aromatic rings. The van der Waals surface area contributed by atoms with Crippen LogP contribution in [0, 0.1) is 0 Å². The first kappa shape index (κ1) is 24.2. The summed E-state index contributed by atoms with van der Waals surface area (Å²) in [5, 5.41) is 4.51. The fourth-order valence-corrected chi connectivity index (χ4v) is 5.82. The zero-order chi connectivity index (χ0) is 27.9. The van der Waals surface area contributed by atoms with Crippen LogP contribution in [0.3, 0.4) is 0 Å². The lowest BCUT2D eigenvalue weighted by atomic mass is 10.00. The Morgan fingerprint density at radius 1 is 0.452 bits per heavy atom. The zero-order valence-corrected chi connectivity index (χ0v) is 22.8.